The van der Waals surface area contributed by atoms with Gasteiger partial charge in [-0.05, 0) is 23.8 Å². The summed E-state index contributed by atoms with van der Waals surface area (Å²) in [5.41, 5.74) is 4.31. The second kappa shape index (κ2) is 9.17. The molecular weight excluding hydrogens is 396 g/mol. The van der Waals surface area contributed by atoms with Crippen LogP contribution in [0.1, 0.15) is 21.7 Å². The van der Waals surface area contributed by atoms with Gasteiger partial charge in [0.25, 0.3) is 5.91 Å². The van der Waals surface area contributed by atoms with Gasteiger partial charge in [-0.1, -0.05) is 36.4 Å². The maximum atomic E-state index is 12.6. The Labute approximate surface area is 179 Å². The number of rotatable bonds is 7. The molecule has 1 amide bonds. The van der Waals surface area contributed by atoms with E-state index in [0.717, 1.165) is 11.3 Å². The maximum absolute atomic E-state index is 12.6. The second-order valence-corrected chi connectivity index (χ2v) is 6.98. The monoisotopic (exact) mass is 418 g/mol. The first-order valence-electron chi connectivity index (χ1n) is 9.87. The van der Waals surface area contributed by atoms with E-state index in [9.17, 15) is 14.7 Å². The van der Waals surface area contributed by atoms with Crippen LogP contribution < -0.4 is 15.6 Å². The Bertz CT molecular complexity index is 1160. The molecule has 3 heterocycles. The molecule has 0 radical (unpaired) electrons. The smallest absolute Gasteiger partial charge is 0.278 e. The van der Waals surface area contributed by atoms with Crippen molar-refractivity contribution in [3.8, 4) is 11.5 Å². The number of hydrogen-bond acceptors (Lipinski definition) is 6. The van der Waals surface area contributed by atoms with Crippen LogP contribution in [0.2, 0.25) is 0 Å². The van der Waals surface area contributed by atoms with Crippen molar-refractivity contribution in [2.75, 3.05) is 25.2 Å². The highest BCUT2D eigenvalue weighted by Gasteiger charge is 2.27. The van der Waals surface area contributed by atoms with Gasteiger partial charge in [-0.25, -0.2) is 0 Å². The minimum absolute atomic E-state index is 0.0655. The van der Waals surface area contributed by atoms with Crippen LogP contribution >= 0.6 is 0 Å². The third kappa shape index (κ3) is 4.58. The fourth-order valence-electron chi connectivity index (χ4n) is 3.28. The summed E-state index contributed by atoms with van der Waals surface area (Å²) >= 11 is 0. The molecule has 1 aromatic carbocycles. The van der Waals surface area contributed by atoms with Gasteiger partial charge < -0.3 is 20.2 Å². The molecule has 0 saturated heterocycles. The van der Waals surface area contributed by atoms with Gasteiger partial charge in [-0.15, -0.1) is 0 Å². The van der Waals surface area contributed by atoms with Crippen LogP contribution in [0.4, 0.5) is 0 Å². The summed E-state index contributed by atoms with van der Waals surface area (Å²) in [6.07, 6.45) is 7.47. The van der Waals surface area contributed by atoms with Gasteiger partial charge in [0.1, 0.15) is 19.0 Å². The van der Waals surface area contributed by atoms with Crippen LogP contribution in [0.5, 0.6) is 11.5 Å². The van der Waals surface area contributed by atoms with Gasteiger partial charge in [0, 0.05) is 31.4 Å². The molecule has 0 bridgehead atoms. The van der Waals surface area contributed by atoms with E-state index in [-0.39, 0.29) is 12.4 Å². The van der Waals surface area contributed by atoms with Gasteiger partial charge in [0.15, 0.2) is 11.4 Å². The van der Waals surface area contributed by atoms with Crippen molar-refractivity contribution in [2.45, 2.75) is 6.42 Å². The normalized spacial score (nSPS) is 13.2. The first-order chi connectivity index (χ1) is 15.1. The molecule has 31 heavy (non-hydrogen) atoms. The highest BCUT2D eigenvalue weighted by Crippen LogP contribution is 2.19. The number of hydrogen-bond donors (Lipinski definition) is 2. The number of aromatic nitrogens is 2. The number of nitrogens with one attached hydrogen (secondary N) is 1. The molecule has 158 valence electrons. The van der Waals surface area contributed by atoms with Crippen molar-refractivity contribution in [3.05, 3.63) is 100 Å². The minimum Gasteiger partial charge on any atom is -0.502 e. The van der Waals surface area contributed by atoms with E-state index in [1.54, 1.807) is 12.3 Å². The molecular formula is C23H22N4O4. The van der Waals surface area contributed by atoms with E-state index in [2.05, 4.69) is 10.4 Å². The fraction of sp³-hybridized carbons (Fsp3) is 0.174. The molecule has 0 fully saturated rings. The molecule has 8 heteroatoms. The van der Waals surface area contributed by atoms with Crippen LogP contribution in [0.3, 0.4) is 0 Å². The van der Waals surface area contributed by atoms with Crippen LogP contribution in [0, 0.1) is 0 Å². The highest BCUT2D eigenvalue weighted by atomic mass is 16.5. The van der Waals surface area contributed by atoms with E-state index in [1.807, 2.05) is 48.5 Å². The Morgan fingerprint density at radius 1 is 1.10 bits per heavy atom. The van der Waals surface area contributed by atoms with Crippen molar-refractivity contribution in [1.29, 1.82) is 0 Å². The summed E-state index contributed by atoms with van der Waals surface area (Å²) in [6.45, 7) is 0.884. The minimum atomic E-state index is -0.588. The van der Waals surface area contributed by atoms with Gasteiger partial charge in [0.2, 0.25) is 5.43 Å². The summed E-state index contributed by atoms with van der Waals surface area (Å²) in [4.78, 5) is 30.1. The largest absolute Gasteiger partial charge is 0.502 e. The molecule has 8 nitrogen and oxygen atoms in total. The SMILES string of the molecule is O=C1c2c(O)c(=O)ccn2NCN1C/C=C\COc1cccnc1Cc1ccccc1. The lowest BCUT2D eigenvalue weighted by atomic mass is 10.1. The number of benzene rings is 1. The Morgan fingerprint density at radius 2 is 1.94 bits per heavy atom. The van der Waals surface area contributed by atoms with Gasteiger partial charge >= 0.3 is 0 Å². The molecule has 0 saturated carbocycles. The molecule has 0 unspecified atom stereocenters. The van der Waals surface area contributed by atoms with Crippen LogP contribution in [0.25, 0.3) is 0 Å². The lowest BCUT2D eigenvalue weighted by Gasteiger charge is -2.30. The van der Waals surface area contributed by atoms with Gasteiger partial charge in [0.05, 0.1) is 5.69 Å². The van der Waals surface area contributed by atoms with E-state index < -0.39 is 17.1 Å². The lowest BCUT2D eigenvalue weighted by molar-refractivity contribution is 0.0741. The number of pyridine rings is 2. The van der Waals surface area contributed by atoms with Crippen molar-refractivity contribution < 1.29 is 14.6 Å². The molecule has 1 aliphatic rings. The van der Waals surface area contributed by atoms with Crippen LogP contribution in [-0.4, -0.2) is 45.4 Å². The highest BCUT2D eigenvalue weighted by molar-refractivity contribution is 5.96. The summed E-state index contributed by atoms with van der Waals surface area (Å²) in [6, 6.07) is 15.0. The Kier molecular flexibility index (Phi) is 5.98. The summed E-state index contributed by atoms with van der Waals surface area (Å²) in [7, 11) is 0. The number of ether oxygens (including phenoxy) is 1. The predicted molar refractivity (Wildman–Crippen MR) is 116 cm³/mol. The van der Waals surface area contributed by atoms with Crippen LogP contribution in [-0.2, 0) is 6.42 Å². The summed E-state index contributed by atoms with van der Waals surface area (Å²) < 4.78 is 7.22. The van der Waals surface area contributed by atoms with Crippen molar-refractivity contribution >= 4 is 5.91 Å². The second-order valence-electron chi connectivity index (χ2n) is 6.98. The number of fused-ring (bicyclic) bond motifs is 1. The van der Waals surface area contributed by atoms with Crippen LogP contribution in [0.15, 0.2) is 77.9 Å². The van der Waals surface area contributed by atoms with Gasteiger partial charge in [-0.3, -0.25) is 19.2 Å². The molecule has 3 aromatic rings. The topological polar surface area (TPSA) is 96.7 Å². The van der Waals surface area contributed by atoms with Crippen molar-refractivity contribution in [1.82, 2.24) is 14.6 Å². The standard InChI is InChI=1S/C23H22N4O4/c28-19-10-13-27-21(22(19)29)23(30)26(16-25-27)12-4-5-14-31-20-9-6-11-24-18(20)15-17-7-2-1-3-8-17/h1-11,13,25,29H,12,14-16H2/b5-4-. The first-order valence-corrected chi connectivity index (χ1v) is 9.87. The van der Waals surface area contributed by atoms with Gasteiger partial charge in [-0.2, -0.15) is 0 Å². The number of aromatic hydroxyl groups is 1. The third-order valence-electron chi connectivity index (χ3n) is 4.89. The van der Waals surface area contributed by atoms with E-state index in [1.165, 1.54) is 21.8 Å². The molecule has 0 atom stereocenters. The molecule has 1 aliphatic heterocycles. The summed E-state index contributed by atoms with van der Waals surface area (Å²) in [5, 5.41) is 9.93. The Hall–Kier alpha value is -4.07. The average molecular weight is 418 g/mol. The Morgan fingerprint density at radius 3 is 2.77 bits per heavy atom. The average Bonchev–Trinajstić information content (AvgIpc) is 2.79. The zero-order valence-corrected chi connectivity index (χ0v) is 16.8. The zero-order chi connectivity index (χ0) is 21.6. The molecule has 4 rings (SSSR count). The number of carbonyl (C=O) groups excluding carboxylic acids is 1. The quantitative estimate of drug-likeness (QED) is 0.571. The predicted octanol–water partition coefficient (Wildman–Crippen LogP) is 2.13. The van der Waals surface area contributed by atoms with E-state index in [4.69, 9.17) is 4.74 Å². The lowest BCUT2D eigenvalue weighted by Crippen LogP contribution is -2.46. The molecule has 2 N–H and O–H groups in total. The first kappa shape index (κ1) is 20.2. The molecule has 0 aliphatic carbocycles. The number of carbonyl (C=O) groups is 1. The van der Waals surface area contributed by atoms with Crippen molar-refractivity contribution in [3.63, 3.8) is 0 Å². The Balaban J connectivity index is 1.34. The molecule has 2 aromatic heterocycles. The van der Waals surface area contributed by atoms with E-state index >= 15 is 0 Å². The van der Waals surface area contributed by atoms with E-state index in [0.29, 0.717) is 25.3 Å². The number of amides is 1. The van der Waals surface area contributed by atoms with Crippen molar-refractivity contribution in [2.24, 2.45) is 0 Å². The molecule has 0 spiro atoms. The third-order valence-corrected chi connectivity index (χ3v) is 4.89. The maximum Gasteiger partial charge on any atom is 0.278 e. The zero-order valence-electron chi connectivity index (χ0n) is 16.8. The summed E-state index contributed by atoms with van der Waals surface area (Å²) in [5.74, 6) is -0.263. The fourth-order valence-corrected chi connectivity index (χ4v) is 3.28. The number of nitrogens with zero attached hydrogens (tertiary/aromatic N) is 3.